The summed E-state index contributed by atoms with van der Waals surface area (Å²) in [6.07, 6.45) is -0.347. The van der Waals surface area contributed by atoms with E-state index in [0.29, 0.717) is 12.3 Å². The molecule has 0 spiro atoms. The maximum Gasteiger partial charge on any atom is 0.411 e. The van der Waals surface area contributed by atoms with E-state index in [1.54, 1.807) is 0 Å². The van der Waals surface area contributed by atoms with Gasteiger partial charge < -0.3 is 4.74 Å². The molecule has 0 aliphatic heterocycles. The Morgan fingerprint density at radius 3 is 2.53 bits per heavy atom. The molecule has 0 heterocycles. The summed E-state index contributed by atoms with van der Waals surface area (Å²) < 4.78 is 39.7. The minimum Gasteiger partial charge on any atom is -0.372 e. The zero-order chi connectivity index (χ0) is 11.3. The second kappa shape index (κ2) is 5.67. The number of hydrogen-bond donors (Lipinski definition) is 2. The minimum absolute atomic E-state index is 0.0748. The van der Waals surface area contributed by atoms with Crippen LogP contribution in [-0.4, -0.2) is 25.4 Å². The van der Waals surface area contributed by atoms with Crippen molar-refractivity contribution in [3.63, 3.8) is 0 Å². The van der Waals surface area contributed by atoms with E-state index in [-0.39, 0.29) is 12.6 Å². The van der Waals surface area contributed by atoms with Gasteiger partial charge >= 0.3 is 6.18 Å². The fraction of sp³-hybridized carbons (Fsp3) is 1.00. The lowest BCUT2D eigenvalue weighted by atomic mass is 10.1. The number of hydrogen-bond acceptors (Lipinski definition) is 3. The normalized spacial score (nSPS) is 19.2. The van der Waals surface area contributed by atoms with Crippen LogP contribution in [-0.2, 0) is 4.74 Å². The number of hydrazine groups is 1. The molecule has 1 fully saturated rings. The Morgan fingerprint density at radius 2 is 2.07 bits per heavy atom. The zero-order valence-electron chi connectivity index (χ0n) is 8.52. The fourth-order valence-corrected chi connectivity index (χ4v) is 1.44. The highest BCUT2D eigenvalue weighted by Crippen LogP contribution is 2.33. The van der Waals surface area contributed by atoms with Crippen molar-refractivity contribution in [1.29, 1.82) is 0 Å². The summed E-state index contributed by atoms with van der Waals surface area (Å²) in [7, 11) is 0. The van der Waals surface area contributed by atoms with Crippen molar-refractivity contribution in [2.45, 2.75) is 37.9 Å². The van der Waals surface area contributed by atoms with E-state index in [4.69, 9.17) is 5.84 Å². The van der Waals surface area contributed by atoms with Gasteiger partial charge in [-0.3, -0.25) is 11.3 Å². The standard InChI is InChI=1S/C9H17F3N2O/c10-9(11,12)6-15-4-3-8(14-13)5-7-1-2-7/h7-8,14H,1-6,13H2. The third-order valence-electron chi connectivity index (χ3n) is 2.43. The Bertz CT molecular complexity index is 183. The van der Waals surface area contributed by atoms with Gasteiger partial charge in [0.05, 0.1) is 0 Å². The number of ether oxygens (including phenoxy) is 1. The van der Waals surface area contributed by atoms with Crippen molar-refractivity contribution < 1.29 is 17.9 Å². The molecule has 0 aromatic carbocycles. The molecule has 0 aromatic rings. The average molecular weight is 226 g/mol. The lowest BCUT2D eigenvalue weighted by Crippen LogP contribution is -2.36. The molecule has 3 nitrogen and oxygen atoms in total. The molecule has 1 rings (SSSR count). The van der Waals surface area contributed by atoms with Crippen LogP contribution < -0.4 is 11.3 Å². The maximum absolute atomic E-state index is 11.7. The molecule has 1 unspecified atom stereocenters. The summed E-state index contributed by atoms with van der Waals surface area (Å²) in [5.74, 6) is 5.99. The molecule has 1 saturated carbocycles. The minimum atomic E-state index is -4.23. The Balaban J connectivity index is 2.01. The van der Waals surface area contributed by atoms with Crippen molar-refractivity contribution in [1.82, 2.24) is 5.43 Å². The van der Waals surface area contributed by atoms with Crippen LogP contribution in [0.15, 0.2) is 0 Å². The number of alkyl halides is 3. The van der Waals surface area contributed by atoms with Crippen molar-refractivity contribution >= 4 is 0 Å². The summed E-state index contributed by atoms with van der Waals surface area (Å²) in [6.45, 7) is -1.07. The van der Waals surface area contributed by atoms with Gasteiger partial charge in [0.2, 0.25) is 0 Å². The highest BCUT2D eigenvalue weighted by molar-refractivity contribution is 4.79. The highest BCUT2D eigenvalue weighted by Gasteiger charge is 2.28. The van der Waals surface area contributed by atoms with Gasteiger partial charge in [-0.2, -0.15) is 13.2 Å². The Labute approximate surface area is 87.1 Å². The lowest BCUT2D eigenvalue weighted by molar-refractivity contribution is -0.174. The van der Waals surface area contributed by atoms with Crippen molar-refractivity contribution in [2.24, 2.45) is 11.8 Å². The summed E-state index contributed by atoms with van der Waals surface area (Å²) >= 11 is 0. The van der Waals surface area contributed by atoms with Gasteiger partial charge in [0.25, 0.3) is 0 Å². The van der Waals surface area contributed by atoms with Gasteiger partial charge in [-0.15, -0.1) is 0 Å². The third-order valence-corrected chi connectivity index (χ3v) is 2.43. The number of halogens is 3. The molecule has 15 heavy (non-hydrogen) atoms. The molecular formula is C9H17F3N2O. The average Bonchev–Trinajstić information content (AvgIpc) is 2.92. The third kappa shape index (κ3) is 6.70. The molecule has 3 N–H and O–H groups in total. The van der Waals surface area contributed by atoms with Gasteiger partial charge in [0, 0.05) is 12.6 Å². The smallest absolute Gasteiger partial charge is 0.372 e. The first-order valence-electron chi connectivity index (χ1n) is 5.12. The fourth-order valence-electron chi connectivity index (χ4n) is 1.44. The second-order valence-electron chi connectivity index (χ2n) is 4.00. The largest absolute Gasteiger partial charge is 0.411 e. The van der Waals surface area contributed by atoms with Gasteiger partial charge in [-0.25, -0.2) is 0 Å². The van der Waals surface area contributed by atoms with Crippen molar-refractivity contribution in [3.05, 3.63) is 0 Å². The van der Waals surface area contributed by atoms with E-state index in [0.717, 1.165) is 6.42 Å². The summed E-state index contributed by atoms with van der Waals surface area (Å²) in [5.41, 5.74) is 2.61. The van der Waals surface area contributed by atoms with E-state index in [2.05, 4.69) is 10.2 Å². The van der Waals surface area contributed by atoms with Gasteiger partial charge in [0.1, 0.15) is 6.61 Å². The first kappa shape index (κ1) is 12.7. The first-order chi connectivity index (χ1) is 7.01. The molecule has 0 amide bonds. The van der Waals surface area contributed by atoms with Gasteiger partial charge in [-0.05, 0) is 18.8 Å². The molecule has 0 saturated heterocycles. The van der Waals surface area contributed by atoms with E-state index >= 15 is 0 Å². The number of nitrogens with two attached hydrogens (primary N) is 1. The SMILES string of the molecule is NNC(CCOCC(F)(F)F)CC1CC1. The van der Waals surface area contributed by atoms with E-state index in [9.17, 15) is 13.2 Å². The topological polar surface area (TPSA) is 47.3 Å². The van der Waals surface area contributed by atoms with Crippen LogP contribution in [0.3, 0.4) is 0 Å². The van der Waals surface area contributed by atoms with Crippen LogP contribution >= 0.6 is 0 Å². The maximum atomic E-state index is 11.7. The van der Waals surface area contributed by atoms with Crippen LogP contribution in [0, 0.1) is 5.92 Å². The van der Waals surface area contributed by atoms with Crippen LogP contribution in [0.1, 0.15) is 25.7 Å². The second-order valence-corrected chi connectivity index (χ2v) is 4.00. The Hall–Kier alpha value is -0.330. The number of rotatable bonds is 7. The quantitative estimate of drug-likeness (QED) is 0.393. The van der Waals surface area contributed by atoms with Gasteiger partial charge in [0.15, 0.2) is 0 Å². The van der Waals surface area contributed by atoms with Crippen LogP contribution in [0.5, 0.6) is 0 Å². The molecule has 1 aliphatic rings. The van der Waals surface area contributed by atoms with Crippen molar-refractivity contribution in [2.75, 3.05) is 13.2 Å². The highest BCUT2D eigenvalue weighted by atomic mass is 19.4. The zero-order valence-corrected chi connectivity index (χ0v) is 8.52. The summed E-state index contributed by atoms with van der Waals surface area (Å²) in [4.78, 5) is 0. The predicted octanol–water partition coefficient (Wildman–Crippen LogP) is 1.59. The van der Waals surface area contributed by atoms with Crippen molar-refractivity contribution in [3.8, 4) is 0 Å². The molecule has 1 atom stereocenters. The Kier molecular flexibility index (Phi) is 4.82. The van der Waals surface area contributed by atoms with Crippen LogP contribution in [0.25, 0.3) is 0 Å². The monoisotopic (exact) mass is 226 g/mol. The molecule has 1 aliphatic carbocycles. The lowest BCUT2D eigenvalue weighted by Gasteiger charge is -2.15. The predicted molar refractivity (Wildman–Crippen MR) is 49.9 cm³/mol. The van der Waals surface area contributed by atoms with Gasteiger partial charge in [-0.1, -0.05) is 12.8 Å². The summed E-state index contributed by atoms with van der Waals surface area (Å²) in [6, 6.07) is 0.0748. The van der Waals surface area contributed by atoms with E-state index in [1.165, 1.54) is 12.8 Å². The van der Waals surface area contributed by atoms with E-state index in [1.807, 2.05) is 0 Å². The molecule has 0 radical (unpaired) electrons. The molecule has 90 valence electrons. The molecule has 0 aromatic heterocycles. The molecular weight excluding hydrogens is 209 g/mol. The van der Waals surface area contributed by atoms with Crippen LogP contribution in [0.2, 0.25) is 0 Å². The number of nitrogens with one attached hydrogen (secondary N) is 1. The van der Waals surface area contributed by atoms with Crippen LogP contribution in [0.4, 0.5) is 13.2 Å². The molecule has 6 heteroatoms. The van der Waals surface area contributed by atoms with E-state index < -0.39 is 12.8 Å². The first-order valence-corrected chi connectivity index (χ1v) is 5.12. The molecule has 0 bridgehead atoms. The Morgan fingerprint density at radius 1 is 1.40 bits per heavy atom. The summed E-state index contributed by atoms with van der Waals surface area (Å²) in [5, 5.41) is 0.